The molecule has 1 aromatic carbocycles. The molecule has 94 valence electrons. The van der Waals surface area contributed by atoms with Crippen LogP contribution in [-0.4, -0.2) is 29.1 Å². The van der Waals surface area contributed by atoms with Crippen molar-refractivity contribution in [2.45, 2.75) is 25.3 Å². The van der Waals surface area contributed by atoms with Crippen molar-refractivity contribution in [3.05, 3.63) is 30.5 Å². The Bertz CT molecular complexity index is 520. The van der Waals surface area contributed by atoms with E-state index in [0.29, 0.717) is 6.04 Å². The molecular formula is C14H18N4. The zero-order valence-corrected chi connectivity index (χ0v) is 10.4. The Kier molecular flexibility index (Phi) is 3.37. The zero-order chi connectivity index (χ0) is 12.2. The van der Waals surface area contributed by atoms with Gasteiger partial charge in [-0.2, -0.15) is 0 Å². The summed E-state index contributed by atoms with van der Waals surface area (Å²) in [5.74, 6) is 0.862. The summed E-state index contributed by atoms with van der Waals surface area (Å²) in [6, 6.07) is 8.51. The molecule has 0 aliphatic carbocycles. The van der Waals surface area contributed by atoms with E-state index in [4.69, 9.17) is 0 Å². The van der Waals surface area contributed by atoms with Crippen LogP contribution in [0.4, 0.5) is 5.82 Å². The zero-order valence-electron chi connectivity index (χ0n) is 10.4. The molecule has 1 aromatic heterocycles. The van der Waals surface area contributed by atoms with Crippen molar-refractivity contribution in [2.24, 2.45) is 0 Å². The minimum atomic E-state index is 0.562. The molecule has 0 radical (unpaired) electrons. The quantitative estimate of drug-likeness (QED) is 0.866. The Hall–Kier alpha value is -1.68. The number of aromatic nitrogens is 2. The molecule has 0 saturated carbocycles. The summed E-state index contributed by atoms with van der Waals surface area (Å²) in [6.07, 6.45) is 5.67. The first-order chi connectivity index (χ1) is 8.92. The minimum Gasteiger partial charge on any atom is -0.367 e. The maximum absolute atomic E-state index is 4.56. The van der Waals surface area contributed by atoms with Crippen LogP contribution in [0.15, 0.2) is 30.5 Å². The molecule has 0 bridgehead atoms. The Balaban J connectivity index is 1.66. The number of anilines is 1. The highest BCUT2D eigenvalue weighted by Gasteiger charge is 2.12. The fourth-order valence-electron chi connectivity index (χ4n) is 2.37. The van der Waals surface area contributed by atoms with E-state index in [1.54, 1.807) is 0 Å². The topological polar surface area (TPSA) is 49.8 Å². The number of nitrogens with zero attached hydrogens (tertiary/aromatic N) is 2. The number of para-hydroxylation sites is 2. The van der Waals surface area contributed by atoms with Gasteiger partial charge in [0.2, 0.25) is 0 Å². The molecule has 4 heteroatoms. The van der Waals surface area contributed by atoms with Gasteiger partial charge in [-0.1, -0.05) is 18.6 Å². The van der Waals surface area contributed by atoms with Crippen molar-refractivity contribution in [1.82, 2.24) is 15.3 Å². The van der Waals surface area contributed by atoms with E-state index in [1.807, 2.05) is 30.5 Å². The predicted octanol–water partition coefficient (Wildman–Crippen LogP) is 2.18. The molecule has 2 aromatic rings. The summed E-state index contributed by atoms with van der Waals surface area (Å²) < 4.78 is 0. The second-order valence-corrected chi connectivity index (χ2v) is 4.77. The lowest BCUT2D eigenvalue weighted by atomic mass is 10.1. The van der Waals surface area contributed by atoms with Gasteiger partial charge in [0, 0.05) is 12.6 Å². The first kappa shape index (κ1) is 11.4. The molecule has 0 spiro atoms. The largest absolute Gasteiger partial charge is 0.367 e. The molecule has 1 aliphatic heterocycles. The fourth-order valence-corrected chi connectivity index (χ4v) is 2.37. The number of benzene rings is 1. The van der Waals surface area contributed by atoms with Gasteiger partial charge in [0.1, 0.15) is 5.82 Å². The van der Waals surface area contributed by atoms with Crippen LogP contribution in [0.3, 0.4) is 0 Å². The highest BCUT2D eigenvalue weighted by Crippen LogP contribution is 2.12. The highest BCUT2D eigenvalue weighted by atomic mass is 15.0. The maximum atomic E-state index is 4.56. The van der Waals surface area contributed by atoms with Gasteiger partial charge >= 0.3 is 0 Å². The van der Waals surface area contributed by atoms with E-state index in [-0.39, 0.29) is 0 Å². The van der Waals surface area contributed by atoms with Crippen molar-refractivity contribution >= 4 is 16.9 Å². The van der Waals surface area contributed by atoms with Gasteiger partial charge in [0.25, 0.3) is 0 Å². The van der Waals surface area contributed by atoms with Crippen molar-refractivity contribution in [2.75, 3.05) is 18.4 Å². The lowest BCUT2D eigenvalue weighted by Gasteiger charge is -2.23. The van der Waals surface area contributed by atoms with Gasteiger partial charge in [0.05, 0.1) is 17.2 Å². The molecule has 4 nitrogen and oxygen atoms in total. The van der Waals surface area contributed by atoms with Crippen molar-refractivity contribution in [1.29, 1.82) is 0 Å². The van der Waals surface area contributed by atoms with E-state index in [9.17, 15) is 0 Å². The average Bonchev–Trinajstić information content (AvgIpc) is 2.46. The molecule has 0 amide bonds. The van der Waals surface area contributed by atoms with E-state index >= 15 is 0 Å². The predicted molar refractivity (Wildman–Crippen MR) is 73.7 cm³/mol. The van der Waals surface area contributed by atoms with Crippen LogP contribution >= 0.6 is 0 Å². The fraction of sp³-hybridized carbons (Fsp3) is 0.429. The van der Waals surface area contributed by atoms with Crippen LogP contribution in [0, 0.1) is 0 Å². The van der Waals surface area contributed by atoms with Gasteiger partial charge in [-0.15, -0.1) is 0 Å². The SMILES string of the molecule is c1ccc2nc(NC[C@@H]3CCCCN3)cnc2c1. The second kappa shape index (κ2) is 5.31. The van der Waals surface area contributed by atoms with Crippen molar-refractivity contribution < 1.29 is 0 Å². The molecule has 2 N–H and O–H groups in total. The Morgan fingerprint density at radius 2 is 2.11 bits per heavy atom. The van der Waals surface area contributed by atoms with E-state index in [2.05, 4.69) is 20.6 Å². The number of hydrogen-bond donors (Lipinski definition) is 2. The van der Waals surface area contributed by atoms with Crippen LogP contribution in [-0.2, 0) is 0 Å². The molecular weight excluding hydrogens is 224 g/mol. The first-order valence-corrected chi connectivity index (χ1v) is 6.61. The number of nitrogens with one attached hydrogen (secondary N) is 2. The normalized spacial score (nSPS) is 19.9. The number of fused-ring (bicyclic) bond motifs is 1. The van der Waals surface area contributed by atoms with Crippen LogP contribution in [0.2, 0.25) is 0 Å². The van der Waals surface area contributed by atoms with Gasteiger partial charge < -0.3 is 10.6 Å². The summed E-state index contributed by atoms with van der Waals surface area (Å²) in [4.78, 5) is 8.96. The van der Waals surface area contributed by atoms with E-state index in [1.165, 1.54) is 19.3 Å². The first-order valence-electron chi connectivity index (χ1n) is 6.61. The smallest absolute Gasteiger partial charge is 0.145 e. The number of piperidine rings is 1. The van der Waals surface area contributed by atoms with Gasteiger partial charge in [-0.3, -0.25) is 4.98 Å². The lowest BCUT2D eigenvalue weighted by Crippen LogP contribution is -2.39. The summed E-state index contributed by atoms with van der Waals surface area (Å²) >= 11 is 0. The van der Waals surface area contributed by atoms with E-state index < -0.39 is 0 Å². The van der Waals surface area contributed by atoms with Crippen molar-refractivity contribution in [3.63, 3.8) is 0 Å². The highest BCUT2D eigenvalue weighted by molar-refractivity contribution is 5.75. The average molecular weight is 242 g/mol. The molecule has 1 aliphatic rings. The number of hydrogen-bond acceptors (Lipinski definition) is 4. The molecule has 3 rings (SSSR count). The Morgan fingerprint density at radius 3 is 2.94 bits per heavy atom. The van der Waals surface area contributed by atoms with Crippen LogP contribution in [0.25, 0.3) is 11.0 Å². The Morgan fingerprint density at radius 1 is 1.22 bits per heavy atom. The summed E-state index contributed by atoms with van der Waals surface area (Å²) in [5, 5.41) is 6.89. The molecule has 1 saturated heterocycles. The third-order valence-corrected chi connectivity index (χ3v) is 3.39. The van der Waals surface area contributed by atoms with Crippen LogP contribution in [0.1, 0.15) is 19.3 Å². The summed E-state index contributed by atoms with van der Waals surface area (Å²) in [5.41, 5.74) is 1.89. The number of rotatable bonds is 3. The Labute approximate surface area is 107 Å². The molecule has 18 heavy (non-hydrogen) atoms. The van der Waals surface area contributed by atoms with E-state index in [0.717, 1.165) is 29.9 Å². The molecule has 2 heterocycles. The van der Waals surface area contributed by atoms with Crippen molar-refractivity contribution in [3.8, 4) is 0 Å². The minimum absolute atomic E-state index is 0.562. The summed E-state index contributed by atoms with van der Waals surface area (Å²) in [6.45, 7) is 2.06. The molecule has 1 fully saturated rings. The standard InChI is InChI=1S/C14H18N4/c1-2-7-13-12(6-1)16-10-14(18-13)17-9-11-5-3-4-8-15-11/h1-2,6-7,10-11,15H,3-5,8-9H2,(H,17,18)/t11-/m0/s1. The van der Waals surface area contributed by atoms with Gasteiger partial charge in [0.15, 0.2) is 0 Å². The van der Waals surface area contributed by atoms with Gasteiger partial charge in [-0.25, -0.2) is 4.98 Å². The van der Waals surface area contributed by atoms with Gasteiger partial charge in [-0.05, 0) is 31.5 Å². The molecule has 1 atom stereocenters. The monoisotopic (exact) mass is 242 g/mol. The molecule has 0 unspecified atom stereocenters. The van der Waals surface area contributed by atoms with Crippen LogP contribution in [0.5, 0.6) is 0 Å². The summed E-state index contributed by atoms with van der Waals surface area (Å²) in [7, 11) is 0. The second-order valence-electron chi connectivity index (χ2n) is 4.77. The van der Waals surface area contributed by atoms with Crippen LogP contribution < -0.4 is 10.6 Å². The lowest BCUT2D eigenvalue weighted by molar-refractivity contribution is 0.414. The third-order valence-electron chi connectivity index (χ3n) is 3.39. The third kappa shape index (κ3) is 2.59. The maximum Gasteiger partial charge on any atom is 0.145 e.